The first kappa shape index (κ1) is 27.9. The van der Waals surface area contributed by atoms with Gasteiger partial charge in [0.1, 0.15) is 8.80 Å². The summed E-state index contributed by atoms with van der Waals surface area (Å²) in [4.78, 5) is 0. The molecule has 0 atom stereocenters. The minimum absolute atomic E-state index is 0.136. The normalized spacial score (nSPS) is 14.2. The van der Waals surface area contributed by atoms with Crippen molar-refractivity contribution >= 4 is 19.2 Å². The highest BCUT2D eigenvalue weighted by molar-refractivity contribution is 6.87. The fourth-order valence-electron chi connectivity index (χ4n) is 4.56. The third-order valence-electron chi connectivity index (χ3n) is 6.91. The predicted molar refractivity (Wildman–Crippen MR) is 154 cm³/mol. The average Bonchev–Trinajstić information content (AvgIpc) is 2.57. The van der Waals surface area contributed by atoms with E-state index in [0.29, 0.717) is 0 Å². The van der Waals surface area contributed by atoms with Crippen LogP contribution in [-0.2, 0) is 21.7 Å². The zero-order valence-corrected chi connectivity index (χ0v) is 25.7. The molecule has 0 radical (unpaired) electrons. The fraction of sp³-hybridized carbons (Fsp3) is 0.625. The molecule has 2 rings (SSSR count). The maximum atomic E-state index is 2.55. The molecule has 0 aliphatic heterocycles. The SMILES string of the molecule is CC(C)(C)c1cc([SiH](c2cc(C(C)(C)C)cc(C(C)(C)C)c2)C(C)(C)C)cc(C(C)(C)C)c1. The predicted octanol–water partition coefficient (Wildman–Crippen LogP) is 8.02. The third kappa shape index (κ3) is 6.84. The molecule has 0 aliphatic carbocycles. The molecule has 0 heterocycles. The van der Waals surface area contributed by atoms with Gasteiger partial charge in [0.15, 0.2) is 0 Å². The second-order valence-electron chi connectivity index (χ2n) is 15.5. The monoisotopic (exact) mass is 464 g/mol. The van der Waals surface area contributed by atoms with Crippen molar-refractivity contribution in [2.24, 2.45) is 0 Å². The van der Waals surface area contributed by atoms with E-state index in [1.807, 2.05) is 0 Å². The second kappa shape index (κ2) is 8.70. The van der Waals surface area contributed by atoms with Crippen LogP contribution < -0.4 is 10.4 Å². The van der Waals surface area contributed by atoms with Gasteiger partial charge in [0.25, 0.3) is 0 Å². The van der Waals surface area contributed by atoms with Crippen LogP contribution in [0.3, 0.4) is 0 Å². The minimum atomic E-state index is -1.54. The van der Waals surface area contributed by atoms with Crippen molar-refractivity contribution in [1.29, 1.82) is 0 Å². The van der Waals surface area contributed by atoms with Gasteiger partial charge in [0.05, 0.1) is 0 Å². The lowest BCUT2D eigenvalue weighted by atomic mass is 9.81. The van der Waals surface area contributed by atoms with Crippen LogP contribution in [0.1, 0.15) is 126 Å². The van der Waals surface area contributed by atoms with E-state index in [4.69, 9.17) is 0 Å². The largest absolute Gasteiger partial charge is 0.108 e. The lowest BCUT2D eigenvalue weighted by molar-refractivity contribution is 0.569. The molecule has 0 spiro atoms. The molecule has 33 heavy (non-hydrogen) atoms. The van der Waals surface area contributed by atoms with Crippen molar-refractivity contribution in [2.75, 3.05) is 0 Å². The average molecular weight is 465 g/mol. The smallest absolute Gasteiger partial charge is 0.0622 e. The number of rotatable bonds is 2. The first-order valence-corrected chi connectivity index (χ1v) is 14.6. The summed E-state index contributed by atoms with van der Waals surface area (Å²) in [7, 11) is -1.54. The molecule has 0 bridgehead atoms. The Balaban J connectivity index is 2.93. The Morgan fingerprint density at radius 3 is 0.727 bits per heavy atom. The van der Waals surface area contributed by atoms with Crippen molar-refractivity contribution in [3.8, 4) is 0 Å². The molecule has 0 aliphatic rings. The van der Waals surface area contributed by atoms with Crippen LogP contribution in [0.2, 0.25) is 5.04 Å². The molecule has 0 saturated heterocycles. The van der Waals surface area contributed by atoms with Gasteiger partial charge < -0.3 is 0 Å². The third-order valence-corrected chi connectivity index (χ3v) is 10.6. The summed E-state index contributed by atoms with van der Waals surface area (Å²) >= 11 is 0. The van der Waals surface area contributed by atoms with Gasteiger partial charge in [-0.3, -0.25) is 0 Å². The fourth-order valence-corrected chi connectivity index (χ4v) is 8.33. The van der Waals surface area contributed by atoms with E-state index in [-0.39, 0.29) is 26.7 Å². The zero-order valence-electron chi connectivity index (χ0n) is 24.5. The highest BCUT2D eigenvalue weighted by Gasteiger charge is 2.34. The molecule has 2 aromatic carbocycles. The van der Waals surface area contributed by atoms with Gasteiger partial charge in [-0.25, -0.2) is 0 Å². The molecular weight excluding hydrogens is 412 g/mol. The second-order valence-corrected chi connectivity index (χ2v) is 19.4. The summed E-state index contributed by atoms with van der Waals surface area (Å²) in [6, 6.07) is 15.1. The number of hydrogen-bond donors (Lipinski definition) is 0. The van der Waals surface area contributed by atoms with E-state index < -0.39 is 8.80 Å². The minimum Gasteiger partial charge on any atom is -0.0622 e. The summed E-state index contributed by atoms with van der Waals surface area (Å²) < 4.78 is 0. The standard InChI is InChI=1S/C32H52Si/c1-28(2,3)22-16-23(29(4,5)6)19-26(18-22)33(32(13,14)15)27-20-24(30(7,8)9)17-25(21-27)31(10,11)12/h16-21,33H,1-15H3. The Bertz CT molecular complexity index is 834. The topological polar surface area (TPSA) is 0 Å². The van der Waals surface area contributed by atoms with Crippen LogP contribution in [0, 0.1) is 0 Å². The van der Waals surface area contributed by atoms with Gasteiger partial charge in [-0.15, -0.1) is 0 Å². The lowest BCUT2D eigenvalue weighted by Gasteiger charge is -2.35. The molecule has 0 fully saturated rings. The first-order chi connectivity index (χ1) is 14.5. The summed E-state index contributed by atoms with van der Waals surface area (Å²) in [5.41, 5.74) is 6.41. The van der Waals surface area contributed by atoms with Gasteiger partial charge in [-0.1, -0.05) is 151 Å². The maximum Gasteiger partial charge on any atom is 0.108 e. The Morgan fingerprint density at radius 2 is 0.576 bits per heavy atom. The van der Waals surface area contributed by atoms with Crippen LogP contribution >= 0.6 is 0 Å². The quantitative estimate of drug-likeness (QED) is 0.395. The summed E-state index contributed by atoms with van der Waals surface area (Å²) in [5, 5.41) is 3.41. The summed E-state index contributed by atoms with van der Waals surface area (Å²) in [5.74, 6) is 0. The van der Waals surface area contributed by atoms with Gasteiger partial charge in [-0.2, -0.15) is 0 Å². The van der Waals surface area contributed by atoms with Gasteiger partial charge in [0, 0.05) is 0 Å². The molecule has 0 aromatic heterocycles. The summed E-state index contributed by atoms with van der Waals surface area (Å²) in [6.45, 7) is 35.6. The summed E-state index contributed by atoms with van der Waals surface area (Å²) in [6.07, 6.45) is 0. The molecule has 0 nitrogen and oxygen atoms in total. The Hall–Kier alpha value is -1.34. The Labute approximate surface area is 208 Å². The van der Waals surface area contributed by atoms with Crippen molar-refractivity contribution in [2.45, 2.75) is 131 Å². The van der Waals surface area contributed by atoms with E-state index in [2.05, 4.69) is 140 Å². The van der Waals surface area contributed by atoms with E-state index in [1.54, 1.807) is 10.4 Å². The molecule has 1 heteroatoms. The van der Waals surface area contributed by atoms with Crippen LogP contribution in [0.25, 0.3) is 0 Å². The molecule has 0 N–H and O–H groups in total. The van der Waals surface area contributed by atoms with Crippen molar-refractivity contribution in [3.63, 3.8) is 0 Å². The van der Waals surface area contributed by atoms with Crippen LogP contribution in [0.5, 0.6) is 0 Å². The van der Waals surface area contributed by atoms with Crippen LogP contribution in [0.4, 0.5) is 0 Å². The van der Waals surface area contributed by atoms with E-state index in [9.17, 15) is 0 Å². The van der Waals surface area contributed by atoms with E-state index in [1.165, 1.54) is 22.3 Å². The molecule has 0 amide bonds. The number of hydrogen-bond acceptors (Lipinski definition) is 0. The zero-order chi connectivity index (χ0) is 25.8. The van der Waals surface area contributed by atoms with E-state index >= 15 is 0 Å². The number of benzene rings is 2. The molecular formula is C32H52Si. The molecule has 184 valence electrons. The molecule has 0 saturated carbocycles. The highest BCUT2D eigenvalue weighted by atomic mass is 28.3. The highest BCUT2D eigenvalue weighted by Crippen LogP contribution is 2.34. The van der Waals surface area contributed by atoms with Gasteiger partial charge in [0.2, 0.25) is 0 Å². The van der Waals surface area contributed by atoms with E-state index in [0.717, 1.165) is 0 Å². The van der Waals surface area contributed by atoms with Crippen LogP contribution in [0.15, 0.2) is 36.4 Å². The van der Waals surface area contributed by atoms with Gasteiger partial charge >= 0.3 is 0 Å². The van der Waals surface area contributed by atoms with Gasteiger partial charge in [-0.05, 0) is 49.0 Å². The van der Waals surface area contributed by atoms with Crippen molar-refractivity contribution in [3.05, 3.63) is 58.7 Å². The van der Waals surface area contributed by atoms with Crippen molar-refractivity contribution < 1.29 is 0 Å². The van der Waals surface area contributed by atoms with Crippen LogP contribution in [-0.4, -0.2) is 8.80 Å². The first-order valence-electron chi connectivity index (χ1n) is 12.8. The Morgan fingerprint density at radius 1 is 0.364 bits per heavy atom. The maximum absolute atomic E-state index is 2.55. The molecule has 2 aromatic rings. The molecule has 0 unspecified atom stereocenters. The van der Waals surface area contributed by atoms with Crippen molar-refractivity contribution in [1.82, 2.24) is 0 Å². The lowest BCUT2D eigenvalue weighted by Crippen LogP contribution is -2.50. The Kier molecular flexibility index (Phi) is 7.36.